The van der Waals surface area contributed by atoms with Crippen molar-refractivity contribution >= 4 is 33.0 Å². The molecule has 0 aliphatic carbocycles. The van der Waals surface area contributed by atoms with Gasteiger partial charge in [-0.3, -0.25) is 0 Å². The lowest BCUT2D eigenvalue weighted by molar-refractivity contribution is 0.416. The van der Waals surface area contributed by atoms with Crippen LogP contribution >= 0.6 is 12.2 Å². The molecule has 1 unspecified atom stereocenters. The molecule has 1 heterocycles. The first-order valence-corrected chi connectivity index (χ1v) is 10.5. The molecule has 140 valence electrons. The number of nitrogens with zero attached hydrogens (tertiary/aromatic N) is 1. The number of thiocarbonyl (C=S) groups is 1. The molecule has 1 fully saturated rings. The number of nitrogens with one attached hydrogen (secondary N) is 2. The van der Waals surface area contributed by atoms with Gasteiger partial charge in [0.25, 0.3) is 0 Å². The van der Waals surface area contributed by atoms with E-state index in [9.17, 15) is 8.42 Å². The molecular formula is C17H27N3O3S2. The molecule has 0 bridgehead atoms. The Balaban J connectivity index is 2.20. The Morgan fingerprint density at radius 2 is 2.04 bits per heavy atom. The fourth-order valence-corrected chi connectivity index (χ4v) is 4.77. The molecule has 0 saturated carbocycles. The molecule has 1 atom stereocenters. The van der Waals surface area contributed by atoms with Gasteiger partial charge in [-0.15, -0.1) is 0 Å². The minimum Gasteiger partial charge on any atom is -0.495 e. The first-order valence-electron chi connectivity index (χ1n) is 8.64. The second-order valence-corrected chi connectivity index (χ2v) is 8.61. The number of benzene rings is 1. The second-order valence-electron chi connectivity index (χ2n) is 6.26. The number of rotatable bonds is 7. The van der Waals surface area contributed by atoms with Gasteiger partial charge in [0.2, 0.25) is 10.0 Å². The van der Waals surface area contributed by atoms with Crippen LogP contribution < -0.4 is 15.4 Å². The van der Waals surface area contributed by atoms with E-state index in [1.165, 1.54) is 4.31 Å². The number of hydrogen-bond acceptors (Lipinski definition) is 4. The summed E-state index contributed by atoms with van der Waals surface area (Å²) in [4.78, 5) is 0.252. The van der Waals surface area contributed by atoms with Crippen molar-refractivity contribution in [3.05, 3.63) is 18.2 Å². The van der Waals surface area contributed by atoms with E-state index in [0.29, 0.717) is 29.6 Å². The molecule has 1 aromatic rings. The van der Waals surface area contributed by atoms with E-state index in [1.54, 1.807) is 25.3 Å². The minimum absolute atomic E-state index is 0.243. The van der Waals surface area contributed by atoms with Crippen LogP contribution in [0.15, 0.2) is 23.1 Å². The molecular weight excluding hydrogens is 358 g/mol. The Morgan fingerprint density at radius 1 is 1.36 bits per heavy atom. The van der Waals surface area contributed by atoms with Gasteiger partial charge in [0, 0.05) is 19.1 Å². The fraction of sp³-hybridized carbons (Fsp3) is 0.588. The summed E-state index contributed by atoms with van der Waals surface area (Å²) in [6.07, 6.45) is 3.87. The number of hydrogen-bond donors (Lipinski definition) is 2. The van der Waals surface area contributed by atoms with Crippen molar-refractivity contribution in [1.82, 2.24) is 9.62 Å². The Bertz CT molecular complexity index is 701. The molecule has 25 heavy (non-hydrogen) atoms. The molecule has 2 rings (SSSR count). The van der Waals surface area contributed by atoms with Crippen molar-refractivity contribution in [2.45, 2.75) is 50.5 Å². The van der Waals surface area contributed by atoms with Gasteiger partial charge in [-0.2, -0.15) is 4.31 Å². The number of methoxy groups -OCH3 is 1. The van der Waals surface area contributed by atoms with E-state index >= 15 is 0 Å². The first kappa shape index (κ1) is 19.9. The molecule has 0 radical (unpaired) electrons. The summed E-state index contributed by atoms with van der Waals surface area (Å²) < 4.78 is 32.3. The van der Waals surface area contributed by atoms with Crippen molar-refractivity contribution in [3.8, 4) is 5.75 Å². The lowest BCUT2D eigenvalue weighted by Gasteiger charge is -2.20. The van der Waals surface area contributed by atoms with E-state index in [4.69, 9.17) is 17.0 Å². The maximum Gasteiger partial charge on any atom is 0.243 e. The number of anilines is 1. The number of sulfonamides is 1. The van der Waals surface area contributed by atoms with E-state index in [0.717, 1.165) is 25.7 Å². The van der Waals surface area contributed by atoms with Gasteiger partial charge in [0.05, 0.1) is 17.7 Å². The molecule has 1 aliphatic heterocycles. The standard InChI is InChI=1S/C17H27N3O3S2/c1-4-7-13(2)18-17(24)19-15-12-14(8-9-16(15)23-3)25(21,22)20-10-5-6-11-20/h8-9,12-13H,4-7,10-11H2,1-3H3,(H2,18,19,24). The summed E-state index contributed by atoms with van der Waals surface area (Å²) in [7, 11) is -1.93. The zero-order valence-corrected chi connectivity index (χ0v) is 16.7. The highest BCUT2D eigenvalue weighted by molar-refractivity contribution is 7.89. The summed E-state index contributed by atoms with van der Waals surface area (Å²) in [6.45, 7) is 5.32. The van der Waals surface area contributed by atoms with Crippen LogP contribution in [-0.2, 0) is 10.0 Å². The summed E-state index contributed by atoms with van der Waals surface area (Å²) in [5.41, 5.74) is 0.545. The van der Waals surface area contributed by atoms with Gasteiger partial charge in [-0.1, -0.05) is 13.3 Å². The topological polar surface area (TPSA) is 70.7 Å². The largest absolute Gasteiger partial charge is 0.495 e. The third-order valence-electron chi connectivity index (χ3n) is 4.22. The summed E-state index contributed by atoms with van der Waals surface area (Å²) in [5, 5.41) is 6.72. The maximum atomic E-state index is 12.7. The van der Waals surface area contributed by atoms with Crippen molar-refractivity contribution < 1.29 is 13.2 Å². The molecule has 8 heteroatoms. The Morgan fingerprint density at radius 3 is 2.64 bits per heavy atom. The second kappa shape index (κ2) is 8.82. The van der Waals surface area contributed by atoms with Gasteiger partial charge in [0.1, 0.15) is 5.75 Å². The van der Waals surface area contributed by atoms with Crippen LogP contribution in [0.4, 0.5) is 5.69 Å². The zero-order valence-electron chi connectivity index (χ0n) is 15.0. The SMILES string of the molecule is CCCC(C)NC(=S)Nc1cc(S(=O)(=O)N2CCCC2)ccc1OC. The van der Waals surface area contributed by atoms with Crippen LogP contribution in [-0.4, -0.2) is 44.1 Å². The van der Waals surface area contributed by atoms with Crippen molar-refractivity contribution in [3.63, 3.8) is 0 Å². The lowest BCUT2D eigenvalue weighted by atomic mass is 10.2. The lowest BCUT2D eigenvalue weighted by Crippen LogP contribution is -2.36. The quantitative estimate of drug-likeness (QED) is 0.703. The van der Waals surface area contributed by atoms with Crippen LogP contribution in [0.3, 0.4) is 0 Å². The van der Waals surface area contributed by atoms with E-state index in [-0.39, 0.29) is 10.9 Å². The van der Waals surface area contributed by atoms with Crippen molar-refractivity contribution in [1.29, 1.82) is 0 Å². The monoisotopic (exact) mass is 385 g/mol. The highest BCUT2D eigenvalue weighted by Crippen LogP contribution is 2.30. The fourth-order valence-electron chi connectivity index (χ4n) is 2.91. The first-order chi connectivity index (χ1) is 11.9. The highest BCUT2D eigenvalue weighted by Gasteiger charge is 2.28. The molecule has 0 aromatic heterocycles. The molecule has 0 amide bonds. The third kappa shape index (κ3) is 5.05. The Labute approximate surface area is 156 Å². The minimum atomic E-state index is -3.48. The molecule has 1 aromatic carbocycles. The Kier molecular flexibility index (Phi) is 7.04. The molecule has 6 nitrogen and oxygen atoms in total. The maximum absolute atomic E-state index is 12.7. The average molecular weight is 386 g/mol. The molecule has 2 N–H and O–H groups in total. The predicted octanol–water partition coefficient (Wildman–Crippen LogP) is 2.95. The number of ether oxygens (including phenoxy) is 1. The normalized spacial score (nSPS) is 16.4. The highest BCUT2D eigenvalue weighted by atomic mass is 32.2. The van der Waals surface area contributed by atoms with Crippen molar-refractivity contribution in [2.75, 3.05) is 25.5 Å². The average Bonchev–Trinajstić information content (AvgIpc) is 3.10. The van der Waals surface area contributed by atoms with Crippen LogP contribution in [0.25, 0.3) is 0 Å². The van der Waals surface area contributed by atoms with Gasteiger partial charge in [0.15, 0.2) is 5.11 Å². The van der Waals surface area contributed by atoms with Crippen LogP contribution in [0.1, 0.15) is 39.5 Å². The summed E-state index contributed by atoms with van der Waals surface area (Å²) >= 11 is 5.34. The summed E-state index contributed by atoms with van der Waals surface area (Å²) in [5.74, 6) is 0.549. The van der Waals surface area contributed by atoms with E-state index < -0.39 is 10.0 Å². The van der Waals surface area contributed by atoms with Gasteiger partial charge in [-0.25, -0.2) is 8.42 Å². The van der Waals surface area contributed by atoms with Gasteiger partial charge >= 0.3 is 0 Å². The van der Waals surface area contributed by atoms with Crippen molar-refractivity contribution in [2.24, 2.45) is 0 Å². The van der Waals surface area contributed by atoms with Crippen LogP contribution in [0.2, 0.25) is 0 Å². The van der Waals surface area contributed by atoms with Crippen LogP contribution in [0.5, 0.6) is 5.75 Å². The predicted molar refractivity (Wildman–Crippen MR) is 105 cm³/mol. The van der Waals surface area contributed by atoms with Gasteiger partial charge < -0.3 is 15.4 Å². The zero-order chi connectivity index (χ0) is 18.4. The van der Waals surface area contributed by atoms with Gasteiger partial charge in [-0.05, 0) is 56.6 Å². The van der Waals surface area contributed by atoms with E-state index in [2.05, 4.69) is 24.5 Å². The van der Waals surface area contributed by atoms with E-state index in [1.807, 2.05) is 0 Å². The van der Waals surface area contributed by atoms with Crippen LogP contribution in [0, 0.1) is 0 Å². The Hall–Kier alpha value is -1.38. The smallest absolute Gasteiger partial charge is 0.243 e. The summed E-state index contributed by atoms with van der Waals surface area (Å²) in [6, 6.07) is 5.06. The molecule has 1 aliphatic rings. The third-order valence-corrected chi connectivity index (χ3v) is 6.34. The molecule has 0 spiro atoms. The molecule has 1 saturated heterocycles.